The summed E-state index contributed by atoms with van der Waals surface area (Å²) >= 11 is 2.87. The molecule has 0 saturated heterocycles. The monoisotopic (exact) mass is 238 g/mol. The topological polar surface area (TPSA) is 64.7 Å². The summed E-state index contributed by atoms with van der Waals surface area (Å²) in [5.41, 5.74) is 6.87. The van der Waals surface area contributed by atoms with Crippen molar-refractivity contribution < 1.29 is 0 Å². The van der Waals surface area contributed by atoms with E-state index in [0.717, 1.165) is 14.9 Å². The van der Waals surface area contributed by atoms with Crippen LogP contribution in [-0.2, 0) is 0 Å². The van der Waals surface area contributed by atoms with Crippen LogP contribution in [0.1, 0.15) is 18.5 Å². The summed E-state index contributed by atoms with van der Waals surface area (Å²) in [5.74, 6) is 0. The highest BCUT2D eigenvalue weighted by molar-refractivity contribution is 8.00. The molecule has 2 aromatic rings. The number of nitrogens with two attached hydrogens (primary N) is 1. The lowest BCUT2D eigenvalue weighted by atomic mass is 10.1. The standard InChI is InChI=1S/C9H10N4S2/c1-6(10)7-2-3-11-8(4-7)14-9-12-5-13-15-9/h2-6H,10H2,1H3. The van der Waals surface area contributed by atoms with Gasteiger partial charge in [0.15, 0.2) is 4.34 Å². The van der Waals surface area contributed by atoms with E-state index in [-0.39, 0.29) is 6.04 Å². The summed E-state index contributed by atoms with van der Waals surface area (Å²) in [7, 11) is 0. The summed E-state index contributed by atoms with van der Waals surface area (Å²) < 4.78 is 4.83. The van der Waals surface area contributed by atoms with Crippen molar-refractivity contribution >= 4 is 23.3 Å². The van der Waals surface area contributed by atoms with E-state index < -0.39 is 0 Å². The number of pyridine rings is 1. The van der Waals surface area contributed by atoms with Crippen molar-refractivity contribution in [3.8, 4) is 0 Å². The molecular formula is C9H10N4S2. The van der Waals surface area contributed by atoms with E-state index in [4.69, 9.17) is 5.73 Å². The van der Waals surface area contributed by atoms with Crippen molar-refractivity contribution in [3.05, 3.63) is 30.2 Å². The largest absolute Gasteiger partial charge is 0.324 e. The van der Waals surface area contributed by atoms with Gasteiger partial charge in [0.05, 0.1) is 0 Å². The van der Waals surface area contributed by atoms with Crippen LogP contribution in [0, 0.1) is 0 Å². The first-order valence-electron chi connectivity index (χ1n) is 4.42. The van der Waals surface area contributed by atoms with Gasteiger partial charge >= 0.3 is 0 Å². The van der Waals surface area contributed by atoms with Crippen LogP contribution in [0.3, 0.4) is 0 Å². The Morgan fingerprint density at radius 1 is 1.47 bits per heavy atom. The maximum Gasteiger partial charge on any atom is 0.175 e. The van der Waals surface area contributed by atoms with Gasteiger partial charge < -0.3 is 5.73 Å². The molecule has 0 aliphatic carbocycles. The predicted octanol–water partition coefficient (Wildman–Crippen LogP) is 2.10. The molecule has 0 spiro atoms. The molecule has 0 radical (unpaired) electrons. The summed E-state index contributed by atoms with van der Waals surface area (Å²) in [5, 5.41) is 0.904. The number of nitrogens with zero attached hydrogens (tertiary/aromatic N) is 3. The van der Waals surface area contributed by atoms with Gasteiger partial charge in [-0.2, -0.15) is 4.37 Å². The van der Waals surface area contributed by atoms with E-state index in [9.17, 15) is 0 Å². The van der Waals surface area contributed by atoms with Crippen molar-refractivity contribution in [1.29, 1.82) is 0 Å². The maximum absolute atomic E-state index is 5.79. The molecule has 0 bridgehead atoms. The van der Waals surface area contributed by atoms with E-state index in [1.807, 2.05) is 19.1 Å². The van der Waals surface area contributed by atoms with Crippen LogP contribution in [0.15, 0.2) is 34.0 Å². The quantitative estimate of drug-likeness (QED) is 0.887. The average molecular weight is 238 g/mol. The van der Waals surface area contributed by atoms with E-state index in [0.29, 0.717) is 0 Å². The van der Waals surface area contributed by atoms with Gasteiger partial charge in [0.25, 0.3) is 0 Å². The van der Waals surface area contributed by atoms with Gasteiger partial charge in [-0.05, 0) is 47.9 Å². The molecule has 2 N–H and O–H groups in total. The first kappa shape index (κ1) is 10.5. The lowest BCUT2D eigenvalue weighted by Gasteiger charge is -2.05. The number of hydrogen-bond acceptors (Lipinski definition) is 6. The SMILES string of the molecule is CC(N)c1ccnc(Sc2ncns2)c1. The van der Waals surface area contributed by atoms with Crippen LogP contribution in [0.25, 0.3) is 0 Å². The Morgan fingerprint density at radius 3 is 3.00 bits per heavy atom. The average Bonchev–Trinajstić information content (AvgIpc) is 2.71. The molecule has 4 nitrogen and oxygen atoms in total. The summed E-state index contributed by atoms with van der Waals surface area (Å²) in [6, 6.07) is 3.94. The number of hydrogen-bond donors (Lipinski definition) is 1. The van der Waals surface area contributed by atoms with Crippen LogP contribution in [0.4, 0.5) is 0 Å². The zero-order valence-electron chi connectivity index (χ0n) is 8.12. The Kier molecular flexibility index (Phi) is 3.30. The molecule has 15 heavy (non-hydrogen) atoms. The zero-order chi connectivity index (χ0) is 10.7. The van der Waals surface area contributed by atoms with Crippen LogP contribution in [-0.4, -0.2) is 14.3 Å². The molecule has 0 fully saturated rings. The first-order valence-corrected chi connectivity index (χ1v) is 6.01. The molecule has 2 rings (SSSR count). The minimum atomic E-state index is 0.0294. The Bertz CT molecular complexity index is 427. The molecule has 0 saturated carbocycles. The second-order valence-corrected chi connectivity index (χ2v) is 5.07. The Balaban J connectivity index is 2.18. The molecule has 1 unspecified atom stereocenters. The third-order valence-corrected chi connectivity index (χ3v) is 3.46. The molecule has 1 atom stereocenters. The maximum atomic E-state index is 5.79. The molecule has 0 aromatic carbocycles. The second-order valence-electron chi connectivity index (χ2n) is 3.03. The second kappa shape index (κ2) is 4.69. The number of aromatic nitrogens is 3. The molecule has 2 heterocycles. The third kappa shape index (κ3) is 2.74. The summed E-state index contributed by atoms with van der Waals surface area (Å²) in [4.78, 5) is 8.33. The van der Waals surface area contributed by atoms with Crippen LogP contribution < -0.4 is 5.73 Å². The van der Waals surface area contributed by atoms with Crippen molar-refractivity contribution in [2.24, 2.45) is 5.73 Å². The van der Waals surface area contributed by atoms with Crippen molar-refractivity contribution in [2.75, 3.05) is 0 Å². The van der Waals surface area contributed by atoms with Crippen LogP contribution in [0.5, 0.6) is 0 Å². The van der Waals surface area contributed by atoms with Gasteiger partial charge in [-0.25, -0.2) is 9.97 Å². The van der Waals surface area contributed by atoms with Crippen LogP contribution >= 0.6 is 23.3 Å². The fraction of sp³-hybridized carbons (Fsp3) is 0.222. The van der Waals surface area contributed by atoms with Crippen molar-refractivity contribution in [3.63, 3.8) is 0 Å². The Labute approximate surface area is 96.1 Å². The molecule has 2 aromatic heterocycles. The minimum Gasteiger partial charge on any atom is -0.324 e. The Hall–Kier alpha value is -0.980. The normalized spacial score (nSPS) is 12.7. The van der Waals surface area contributed by atoms with E-state index in [2.05, 4.69) is 14.3 Å². The lowest BCUT2D eigenvalue weighted by Crippen LogP contribution is -2.04. The van der Waals surface area contributed by atoms with E-state index in [1.54, 1.807) is 12.5 Å². The van der Waals surface area contributed by atoms with Crippen molar-refractivity contribution in [1.82, 2.24) is 14.3 Å². The van der Waals surface area contributed by atoms with Gasteiger partial charge in [-0.3, -0.25) is 0 Å². The summed E-state index contributed by atoms with van der Waals surface area (Å²) in [6.45, 7) is 1.95. The highest BCUT2D eigenvalue weighted by Crippen LogP contribution is 2.27. The van der Waals surface area contributed by atoms with Gasteiger partial charge in [0.1, 0.15) is 11.4 Å². The first-order chi connectivity index (χ1) is 7.25. The fourth-order valence-electron chi connectivity index (χ4n) is 1.06. The molecule has 0 amide bonds. The smallest absolute Gasteiger partial charge is 0.175 e. The lowest BCUT2D eigenvalue weighted by molar-refractivity contribution is 0.808. The van der Waals surface area contributed by atoms with E-state index >= 15 is 0 Å². The summed E-state index contributed by atoms with van der Waals surface area (Å²) in [6.07, 6.45) is 3.31. The highest BCUT2D eigenvalue weighted by atomic mass is 32.2. The van der Waals surface area contributed by atoms with Gasteiger partial charge in [-0.15, -0.1) is 0 Å². The molecule has 78 valence electrons. The Morgan fingerprint density at radius 2 is 2.33 bits per heavy atom. The van der Waals surface area contributed by atoms with Crippen molar-refractivity contribution in [2.45, 2.75) is 22.3 Å². The molecule has 0 aliphatic rings. The molecule has 0 aliphatic heterocycles. The predicted molar refractivity (Wildman–Crippen MR) is 60.9 cm³/mol. The molecular weight excluding hydrogens is 228 g/mol. The van der Waals surface area contributed by atoms with Gasteiger partial charge in [-0.1, -0.05) is 0 Å². The van der Waals surface area contributed by atoms with Crippen LogP contribution in [0.2, 0.25) is 0 Å². The zero-order valence-corrected chi connectivity index (χ0v) is 9.76. The molecule has 6 heteroatoms. The minimum absolute atomic E-state index is 0.0294. The number of rotatable bonds is 3. The fourth-order valence-corrected chi connectivity index (χ4v) is 2.46. The third-order valence-electron chi connectivity index (χ3n) is 1.82. The highest BCUT2D eigenvalue weighted by Gasteiger charge is 2.05. The van der Waals surface area contributed by atoms with Gasteiger partial charge in [0, 0.05) is 12.2 Å². The van der Waals surface area contributed by atoms with E-state index in [1.165, 1.54) is 23.3 Å². The van der Waals surface area contributed by atoms with Gasteiger partial charge in [0.2, 0.25) is 0 Å².